The van der Waals surface area contributed by atoms with Gasteiger partial charge in [-0.1, -0.05) is 25.1 Å². The van der Waals surface area contributed by atoms with Gasteiger partial charge < -0.3 is 14.6 Å². The molecule has 146 valence electrons. The fourth-order valence-electron chi connectivity index (χ4n) is 3.87. The number of hydrogen-bond donors (Lipinski definition) is 2. The molecule has 2 N–H and O–H groups in total. The molecule has 2 unspecified atom stereocenters. The van der Waals surface area contributed by atoms with E-state index in [0.29, 0.717) is 23.7 Å². The second-order valence-electron chi connectivity index (χ2n) is 7.54. The maximum absolute atomic E-state index is 12.9. The average molecular weight is 397 g/mol. The van der Waals surface area contributed by atoms with Crippen LogP contribution in [-0.2, 0) is 6.42 Å². The number of benzene rings is 1. The van der Waals surface area contributed by atoms with Crippen molar-refractivity contribution >= 4 is 11.3 Å². The number of thiophene rings is 1. The third-order valence-corrected chi connectivity index (χ3v) is 6.51. The van der Waals surface area contributed by atoms with E-state index in [0.717, 1.165) is 29.7 Å². The summed E-state index contributed by atoms with van der Waals surface area (Å²) in [6.07, 6.45) is 3.60. The Morgan fingerprint density at radius 3 is 2.50 bits per heavy atom. The molecular formula is C23H24O4S. The minimum absolute atomic E-state index is 0.0155. The molecule has 1 aromatic carbocycles. The van der Waals surface area contributed by atoms with Crippen molar-refractivity contribution in [3.05, 3.63) is 80.0 Å². The van der Waals surface area contributed by atoms with E-state index in [1.165, 1.54) is 0 Å². The molecular weight excluding hydrogens is 372 g/mol. The summed E-state index contributed by atoms with van der Waals surface area (Å²) >= 11 is 1.62. The molecule has 1 aliphatic rings. The highest BCUT2D eigenvalue weighted by atomic mass is 32.1. The summed E-state index contributed by atoms with van der Waals surface area (Å²) in [7, 11) is 0. The third kappa shape index (κ3) is 3.85. The van der Waals surface area contributed by atoms with Crippen molar-refractivity contribution in [2.24, 2.45) is 5.92 Å². The summed E-state index contributed by atoms with van der Waals surface area (Å²) in [5.74, 6) is 1.09. The number of phenolic OH excluding ortho intramolecular Hbond substituents is 1. The Morgan fingerprint density at radius 1 is 1.18 bits per heavy atom. The van der Waals surface area contributed by atoms with Crippen LogP contribution in [0.4, 0.5) is 0 Å². The number of phenols is 1. The highest BCUT2D eigenvalue weighted by molar-refractivity contribution is 7.10. The van der Waals surface area contributed by atoms with Crippen molar-refractivity contribution in [2.75, 3.05) is 0 Å². The topological polar surface area (TPSA) is 70.7 Å². The van der Waals surface area contributed by atoms with Crippen LogP contribution in [0.3, 0.4) is 0 Å². The molecule has 0 amide bonds. The van der Waals surface area contributed by atoms with Gasteiger partial charge >= 0.3 is 5.63 Å². The first-order chi connectivity index (χ1) is 13.6. The van der Waals surface area contributed by atoms with E-state index >= 15 is 0 Å². The lowest BCUT2D eigenvalue weighted by Gasteiger charge is -2.18. The maximum Gasteiger partial charge on any atom is 0.343 e. The summed E-state index contributed by atoms with van der Waals surface area (Å²) in [5, 5.41) is 22.2. The molecule has 2 aromatic heterocycles. The van der Waals surface area contributed by atoms with Crippen molar-refractivity contribution in [3.8, 4) is 11.5 Å². The molecule has 0 spiro atoms. The van der Waals surface area contributed by atoms with Gasteiger partial charge in [-0.25, -0.2) is 4.79 Å². The van der Waals surface area contributed by atoms with Crippen LogP contribution in [0.15, 0.2) is 57.1 Å². The van der Waals surface area contributed by atoms with Gasteiger partial charge in [0.25, 0.3) is 0 Å². The van der Waals surface area contributed by atoms with Gasteiger partial charge in [0.15, 0.2) is 0 Å². The van der Waals surface area contributed by atoms with Crippen molar-refractivity contribution in [3.63, 3.8) is 0 Å². The van der Waals surface area contributed by atoms with Crippen LogP contribution in [0, 0.1) is 5.92 Å². The molecule has 0 bridgehead atoms. The van der Waals surface area contributed by atoms with Crippen LogP contribution in [-0.4, -0.2) is 10.2 Å². The largest absolute Gasteiger partial charge is 0.508 e. The van der Waals surface area contributed by atoms with Crippen molar-refractivity contribution in [1.29, 1.82) is 0 Å². The summed E-state index contributed by atoms with van der Waals surface area (Å²) in [5.41, 5.74) is 1.02. The average Bonchev–Trinajstić information content (AvgIpc) is 3.37. The zero-order valence-electron chi connectivity index (χ0n) is 15.8. The standard InChI is InChI=1S/C23H24O4S/c1-2-15(12-14-5-9-17(24)10-6-14)19-13-18(25)22(23(26)27-19)21(16-7-8-16)20-4-3-11-28-20/h3-6,9-11,13,15-16,21,24-25H,2,7-8,12H2,1H3. The van der Waals surface area contributed by atoms with Crippen LogP contribution in [0.25, 0.3) is 0 Å². The summed E-state index contributed by atoms with van der Waals surface area (Å²) < 4.78 is 5.73. The molecule has 28 heavy (non-hydrogen) atoms. The van der Waals surface area contributed by atoms with Crippen LogP contribution in [0.2, 0.25) is 0 Å². The fraction of sp³-hybridized carbons (Fsp3) is 0.348. The Morgan fingerprint density at radius 2 is 1.93 bits per heavy atom. The highest BCUT2D eigenvalue weighted by Crippen LogP contribution is 2.49. The Hall–Kier alpha value is -2.53. The molecule has 3 aromatic rings. The quantitative estimate of drug-likeness (QED) is 0.562. The van der Waals surface area contributed by atoms with Crippen LogP contribution in [0.1, 0.15) is 59.8 Å². The lowest BCUT2D eigenvalue weighted by atomic mass is 9.90. The third-order valence-electron chi connectivity index (χ3n) is 5.55. The van der Waals surface area contributed by atoms with Crippen LogP contribution in [0.5, 0.6) is 11.5 Å². The van der Waals surface area contributed by atoms with Gasteiger partial charge in [0.1, 0.15) is 17.3 Å². The molecule has 2 heterocycles. The molecule has 1 saturated carbocycles. The molecule has 2 atom stereocenters. The fourth-order valence-corrected chi connectivity index (χ4v) is 4.80. The van der Waals surface area contributed by atoms with Gasteiger partial charge in [-0.3, -0.25) is 0 Å². The Bertz CT molecular complexity index is 984. The van der Waals surface area contributed by atoms with E-state index in [9.17, 15) is 15.0 Å². The van der Waals surface area contributed by atoms with Crippen molar-refractivity contribution in [1.82, 2.24) is 0 Å². The van der Waals surface area contributed by atoms with E-state index in [4.69, 9.17) is 4.42 Å². The monoisotopic (exact) mass is 396 g/mol. The Labute approximate surface area is 168 Å². The predicted molar refractivity (Wildman–Crippen MR) is 110 cm³/mol. The number of aromatic hydroxyl groups is 2. The number of hydrogen-bond acceptors (Lipinski definition) is 5. The van der Waals surface area contributed by atoms with E-state index < -0.39 is 5.63 Å². The highest BCUT2D eigenvalue weighted by Gasteiger charge is 2.38. The Balaban J connectivity index is 1.66. The SMILES string of the molecule is CCC(Cc1ccc(O)cc1)c1cc(O)c(C(c2cccs2)C2CC2)c(=O)o1. The van der Waals surface area contributed by atoms with Crippen molar-refractivity contribution in [2.45, 2.75) is 44.4 Å². The molecule has 0 saturated heterocycles. The minimum atomic E-state index is -0.426. The van der Waals surface area contributed by atoms with Gasteiger partial charge in [-0.15, -0.1) is 11.3 Å². The first-order valence-corrected chi connectivity index (χ1v) is 10.6. The zero-order chi connectivity index (χ0) is 19.7. The second-order valence-corrected chi connectivity index (χ2v) is 8.52. The minimum Gasteiger partial charge on any atom is -0.508 e. The lowest BCUT2D eigenvalue weighted by molar-refractivity contribution is 0.380. The van der Waals surface area contributed by atoms with Gasteiger partial charge in [-0.05, 0) is 60.7 Å². The first-order valence-electron chi connectivity index (χ1n) is 9.75. The van der Waals surface area contributed by atoms with Gasteiger partial charge in [0.2, 0.25) is 0 Å². The van der Waals surface area contributed by atoms with E-state index in [2.05, 4.69) is 0 Å². The number of rotatable bonds is 7. The van der Waals surface area contributed by atoms with Gasteiger partial charge in [0, 0.05) is 22.8 Å². The molecule has 1 fully saturated rings. The smallest absolute Gasteiger partial charge is 0.343 e. The zero-order valence-corrected chi connectivity index (χ0v) is 16.6. The predicted octanol–water partition coefficient (Wildman–Crippen LogP) is 5.39. The molecule has 4 nitrogen and oxygen atoms in total. The molecule has 1 aliphatic carbocycles. The van der Waals surface area contributed by atoms with E-state index in [1.54, 1.807) is 29.5 Å². The van der Waals surface area contributed by atoms with Crippen LogP contribution >= 0.6 is 11.3 Å². The molecule has 5 heteroatoms. The summed E-state index contributed by atoms with van der Waals surface area (Å²) in [6, 6.07) is 12.7. The molecule has 4 rings (SSSR count). The Kier molecular flexibility index (Phi) is 5.27. The second kappa shape index (κ2) is 7.84. The van der Waals surface area contributed by atoms with Gasteiger partial charge in [-0.2, -0.15) is 0 Å². The lowest BCUT2D eigenvalue weighted by Crippen LogP contribution is -2.17. The first kappa shape index (κ1) is 18.8. The van der Waals surface area contributed by atoms with E-state index in [1.807, 2.05) is 36.6 Å². The maximum atomic E-state index is 12.9. The normalized spacial score (nSPS) is 16.0. The summed E-state index contributed by atoms with van der Waals surface area (Å²) in [6.45, 7) is 2.04. The molecule has 0 aliphatic heterocycles. The summed E-state index contributed by atoms with van der Waals surface area (Å²) in [4.78, 5) is 14.0. The van der Waals surface area contributed by atoms with Gasteiger partial charge in [0.05, 0.1) is 5.56 Å². The van der Waals surface area contributed by atoms with E-state index in [-0.39, 0.29) is 23.3 Å². The van der Waals surface area contributed by atoms with Crippen LogP contribution < -0.4 is 5.63 Å². The molecule has 0 radical (unpaired) electrons. The van der Waals surface area contributed by atoms with Crippen molar-refractivity contribution < 1.29 is 14.6 Å².